The minimum absolute atomic E-state index is 0.0463. The van der Waals surface area contributed by atoms with Gasteiger partial charge in [0.2, 0.25) is 5.91 Å². The molecule has 0 radical (unpaired) electrons. The topological polar surface area (TPSA) is 63.7 Å². The zero-order valence-corrected chi connectivity index (χ0v) is 17.5. The van der Waals surface area contributed by atoms with Gasteiger partial charge in [-0.3, -0.25) is 9.69 Å². The lowest BCUT2D eigenvalue weighted by molar-refractivity contribution is -0.120. The van der Waals surface area contributed by atoms with Crippen LogP contribution in [0.3, 0.4) is 0 Å². The van der Waals surface area contributed by atoms with E-state index in [1.807, 2.05) is 50.2 Å². The van der Waals surface area contributed by atoms with Crippen molar-refractivity contribution in [2.75, 3.05) is 12.4 Å². The molecule has 1 atom stereocenters. The highest BCUT2D eigenvalue weighted by atomic mass is 32.1. The number of amides is 1. The molecular weight excluding hydrogens is 374 g/mol. The van der Waals surface area contributed by atoms with Crippen molar-refractivity contribution in [1.29, 1.82) is 0 Å². The number of benzene rings is 1. The van der Waals surface area contributed by atoms with Crippen molar-refractivity contribution in [3.8, 4) is 11.5 Å². The van der Waals surface area contributed by atoms with Gasteiger partial charge < -0.3 is 14.8 Å². The van der Waals surface area contributed by atoms with E-state index in [2.05, 4.69) is 10.3 Å². The second-order valence-electron chi connectivity index (χ2n) is 7.76. The van der Waals surface area contributed by atoms with Gasteiger partial charge in [0.15, 0.2) is 11.5 Å². The predicted octanol–water partition coefficient (Wildman–Crippen LogP) is 4.34. The Morgan fingerprint density at radius 3 is 2.75 bits per heavy atom. The van der Waals surface area contributed by atoms with E-state index >= 15 is 0 Å². The number of ether oxygens (including phenoxy) is 2. The summed E-state index contributed by atoms with van der Waals surface area (Å²) in [5.74, 6) is 0.949. The van der Waals surface area contributed by atoms with Crippen molar-refractivity contribution < 1.29 is 14.3 Å². The summed E-state index contributed by atoms with van der Waals surface area (Å²) >= 11 is 1.66. The van der Waals surface area contributed by atoms with Gasteiger partial charge in [-0.25, -0.2) is 4.98 Å². The Morgan fingerprint density at radius 1 is 1.29 bits per heavy atom. The number of aromatic nitrogens is 1. The molecule has 0 unspecified atom stereocenters. The highest BCUT2D eigenvalue weighted by molar-refractivity contribution is 7.11. The number of anilines is 1. The minimum atomic E-state index is -0.496. The molecule has 2 aromatic rings. The fourth-order valence-electron chi connectivity index (χ4n) is 3.77. The van der Waals surface area contributed by atoms with Crippen molar-refractivity contribution in [3.05, 3.63) is 34.3 Å². The van der Waals surface area contributed by atoms with Crippen molar-refractivity contribution in [1.82, 2.24) is 9.88 Å². The van der Waals surface area contributed by atoms with Gasteiger partial charge >= 0.3 is 0 Å². The Kier molecular flexibility index (Phi) is 5.29. The van der Waals surface area contributed by atoms with E-state index in [-0.39, 0.29) is 11.9 Å². The maximum absolute atomic E-state index is 12.7. The average Bonchev–Trinajstić information content (AvgIpc) is 3.23. The molecule has 1 aromatic heterocycles. The predicted molar refractivity (Wildman–Crippen MR) is 110 cm³/mol. The minimum Gasteiger partial charge on any atom is -0.448 e. The second kappa shape index (κ2) is 7.72. The van der Waals surface area contributed by atoms with E-state index in [4.69, 9.17) is 9.47 Å². The lowest BCUT2D eigenvalue weighted by Crippen LogP contribution is -2.40. The molecule has 1 aliphatic heterocycles. The molecule has 1 saturated carbocycles. The fourth-order valence-corrected chi connectivity index (χ4v) is 4.63. The second-order valence-corrected chi connectivity index (χ2v) is 9.08. The van der Waals surface area contributed by atoms with E-state index in [9.17, 15) is 4.79 Å². The van der Waals surface area contributed by atoms with E-state index in [1.165, 1.54) is 6.42 Å². The monoisotopic (exact) mass is 401 g/mol. The van der Waals surface area contributed by atoms with Crippen molar-refractivity contribution in [2.24, 2.45) is 0 Å². The molecule has 2 aliphatic rings. The molecule has 150 valence electrons. The van der Waals surface area contributed by atoms with Crippen LogP contribution in [-0.4, -0.2) is 34.7 Å². The highest BCUT2D eigenvalue weighted by Crippen LogP contribution is 2.46. The van der Waals surface area contributed by atoms with Crippen molar-refractivity contribution >= 4 is 22.9 Å². The molecule has 0 saturated heterocycles. The summed E-state index contributed by atoms with van der Waals surface area (Å²) in [6.45, 7) is 4.60. The first-order valence-corrected chi connectivity index (χ1v) is 10.7. The summed E-state index contributed by atoms with van der Waals surface area (Å²) in [5, 5.41) is 4.04. The number of carbonyl (C=O) groups excluding carboxylic acids is 1. The van der Waals surface area contributed by atoms with E-state index in [0.29, 0.717) is 6.54 Å². The Morgan fingerprint density at radius 2 is 2.04 bits per heavy atom. The summed E-state index contributed by atoms with van der Waals surface area (Å²) < 4.78 is 12.3. The normalized spacial score (nSPS) is 18.4. The number of nitrogens with one attached hydrogen (secondary N) is 1. The van der Waals surface area contributed by atoms with E-state index < -0.39 is 5.79 Å². The van der Waals surface area contributed by atoms with Crippen LogP contribution in [0.1, 0.15) is 48.9 Å². The molecule has 1 spiro atoms. The van der Waals surface area contributed by atoms with Gasteiger partial charge in [0, 0.05) is 42.2 Å². The van der Waals surface area contributed by atoms with E-state index in [1.54, 1.807) is 11.3 Å². The molecule has 1 aromatic carbocycles. The number of thiazole rings is 1. The third-order valence-corrected chi connectivity index (χ3v) is 6.43. The van der Waals surface area contributed by atoms with Crippen molar-refractivity contribution in [2.45, 2.75) is 64.3 Å². The summed E-state index contributed by atoms with van der Waals surface area (Å²) in [6.07, 6.45) is 7.20. The average molecular weight is 402 g/mol. The zero-order chi connectivity index (χ0) is 19.7. The van der Waals surface area contributed by atoms with Crippen LogP contribution in [-0.2, 0) is 11.3 Å². The molecular formula is C21H27N3O3S. The first-order valence-electron chi connectivity index (χ1n) is 9.89. The van der Waals surface area contributed by atoms with Crippen LogP contribution in [0.15, 0.2) is 24.4 Å². The Hall–Kier alpha value is -2.12. The smallest absolute Gasteiger partial charge is 0.251 e. The SMILES string of the molecule is Cc1ncc(CN(C)[C@H](C)C(=O)Nc2ccc3c(c2)OC2(CCCCC2)O3)s1. The van der Waals surface area contributed by atoms with Crippen LogP contribution in [0, 0.1) is 6.92 Å². The van der Waals surface area contributed by atoms with Gasteiger partial charge in [0.1, 0.15) is 0 Å². The fraction of sp³-hybridized carbons (Fsp3) is 0.524. The maximum Gasteiger partial charge on any atom is 0.251 e. The molecule has 4 rings (SSSR count). The van der Waals surface area contributed by atoms with Crippen LogP contribution in [0.5, 0.6) is 11.5 Å². The lowest BCUT2D eigenvalue weighted by atomic mass is 9.94. The number of hydrogen-bond donors (Lipinski definition) is 1. The molecule has 1 N–H and O–H groups in total. The molecule has 28 heavy (non-hydrogen) atoms. The summed E-state index contributed by atoms with van der Waals surface area (Å²) in [7, 11) is 1.95. The van der Waals surface area contributed by atoms with Gasteiger partial charge in [0.25, 0.3) is 5.79 Å². The number of fused-ring (bicyclic) bond motifs is 1. The van der Waals surface area contributed by atoms with Crippen LogP contribution in [0.25, 0.3) is 0 Å². The van der Waals surface area contributed by atoms with Gasteiger partial charge in [-0.15, -0.1) is 11.3 Å². The number of likely N-dealkylation sites (N-methyl/N-ethyl adjacent to an activating group) is 1. The number of hydrogen-bond acceptors (Lipinski definition) is 6. The van der Waals surface area contributed by atoms with Crippen LogP contribution in [0.4, 0.5) is 5.69 Å². The van der Waals surface area contributed by atoms with Gasteiger partial charge in [-0.2, -0.15) is 0 Å². The first-order chi connectivity index (χ1) is 13.4. The zero-order valence-electron chi connectivity index (χ0n) is 16.7. The Balaban J connectivity index is 1.38. The summed E-state index contributed by atoms with van der Waals surface area (Å²) in [6, 6.07) is 5.37. The summed E-state index contributed by atoms with van der Waals surface area (Å²) in [4.78, 5) is 20.2. The molecule has 6 nitrogen and oxygen atoms in total. The van der Waals surface area contributed by atoms with Crippen LogP contribution in [0.2, 0.25) is 0 Å². The maximum atomic E-state index is 12.7. The number of rotatable bonds is 5. The first kappa shape index (κ1) is 19.2. The third-order valence-electron chi connectivity index (χ3n) is 5.53. The number of nitrogens with zero attached hydrogens (tertiary/aromatic N) is 2. The number of aryl methyl sites for hydroxylation is 1. The van der Waals surface area contributed by atoms with Crippen LogP contribution >= 0.6 is 11.3 Å². The van der Waals surface area contributed by atoms with Crippen molar-refractivity contribution in [3.63, 3.8) is 0 Å². The summed E-state index contributed by atoms with van der Waals surface area (Å²) in [5.41, 5.74) is 0.731. The van der Waals surface area contributed by atoms with Gasteiger partial charge in [0.05, 0.1) is 11.0 Å². The molecule has 1 aliphatic carbocycles. The standard InChI is InChI=1S/C21H27N3O3S/c1-14(24(3)13-17-12-22-15(2)28-17)20(25)23-16-7-8-18-19(11-16)27-21(26-18)9-5-4-6-10-21/h7-8,11-12,14H,4-6,9-10,13H2,1-3H3,(H,23,25)/t14-/m1/s1. The highest BCUT2D eigenvalue weighted by Gasteiger charge is 2.42. The molecule has 2 heterocycles. The van der Waals surface area contributed by atoms with Crippen LogP contribution < -0.4 is 14.8 Å². The van der Waals surface area contributed by atoms with Gasteiger partial charge in [-0.05, 0) is 45.9 Å². The lowest BCUT2D eigenvalue weighted by Gasteiger charge is -2.31. The molecule has 7 heteroatoms. The third kappa shape index (κ3) is 4.00. The largest absolute Gasteiger partial charge is 0.448 e. The molecule has 1 amide bonds. The molecule has 0 bridgehead atoms. The Labute approximate surface area is 169 Å². The number of carbonyl (C=O) groups is 1. The van der Waals surface area contributed by atoms with E-state index in [0.717, 1.165) is 52.8 Å². The Bertz CT molecular complexity index is 860. The quantitative estimate of drug-likeness (QED) is 0.807. The van der Waals surface area contributed by atoms with Gasteiger partial charge in [-0.1, -0.05) is 6.42 Å². The molecule has 1 fully saturated rings.